The van der Waals surface area contributed by atoms with Crippen molar-refractivity contribution >= 4 is 28.9 Å². The first kappa shape index (κ1) is 22.8. The number of nitrogens with one attached hydrogen (secondary N) is 3. The zero-order valence-corrected chi connectivity index (χ0v) is 18.8. The highest BCUT2D eigenvalue weighted by Crippen LogP contribution is 2.30. The van der Waals surface area contributed by atoms with Gasteiger partial charge in [-0.3, -0.25) is 4.79 Å². The van der Waals surface area contributed by atoms with Gasteiger partial charge >= 0.3 is 0 Å². The van der Waals surface area contributed by atoms with Crippen molar-refractivity contribution in [3.05, 3.63) is 84.1 Å². The Morgan fingerprint density at radius 1 is 1.03 bits per heavy atom. The third-order valence-corrected chi connectivity index (χ3v) is 5.11. The molecule has 2 aromatic heterocycles. The number of nitrogens with zero attached hydrogens (tertiary/aromatic N) is 4. The molecule has 172 valence electrons. The predicted molar refractivity (Wildman–Crippen MR) is 131 cm³/mol. The van der Waals surface area contributed by atoms with Crippen LogP contribution >= 0.6 is 0 Å². The number of amides is 1. The molecule has 3 N–H and O–H groups in total. The monoisotopic (exact) mass is 457 g/mol. The normalized spacial score (nSPS) is 10.6. The molecule has 8 nitrogen and oxygen atoms in total. The molecule has 0 bridgehead atoms. The summed E-state index contributed by atoms with van der Waals surface area (Å²) >= 11 is 0. The Morgan fingerprint density at radius 3 is 2.74 bits per heavy atom. The Balaban J connectivity index is 1.59. The van der Waals surface area contributed by atoms with Crippen LogP contribution in [0.2, 0.25) is 0 Å². The molecule has 2 aromatic carbocycles. The number of carbonyl (C=O) groups is 1. The van der Waals surface area contributed by atoms with Gasteiger partial charge in [-0.2, -0.15) is 0 Å². The SMILES string of the molecule is CCNc1cc(-c2cncnc2Nc2cc(NC(=O)c3cccc(CF)c3)ccc2C)ncn1. The number of aromatic nitrogens is 4. The molecule has 9 heteroatoms. The topological polar surface area (TPSA) is 105 Å². The lowest BCUT2D eigenvalue weighted by molar-refractivity contribution is 0.102. The molecular formula is C25H24FN7O. The highest BCUT2D eigenvalue weighted by Gasteiger charge is 2.13. The second-order valence-electron chi connectivity index (χ2n) is 7.55. The van der Waals surface area contributed by atoms with Crippen LogP contribution in [0.25, 0.3) is 11.3 Å². The van der Waals surface area contributed by atoms with Gasteiger partial charge in [0.2, 0.25) is 0 Å². The smallest absolute Gasteiger partial charge is 0.255 e. The van der Waals surface area contributed by atoms with Crippen LogP contribution in [0.5, 0.6) is 0 Å². The summed E-state index contributed by atoms with van der Waals surface area (Å²) < 4.78 is 13.0. The van der Waals surface area contributed by atoms with E-state index in [0.29, 0.717) is 39.7 Å². The molecule has 4 rings (SSSR count). The summed E-state index contributed by atoms with van der Waals surface area (Å²) in [7, 11) is 0. The number of benzene rings is 2. The van der Waals surface area contributed by atoms with E-state index in [9.17, 15) is 9.18 Å². The first-order valence-corrected chi connectivity index (χ1v) is 10.8. The van der Waals surface area contributed by atoms with Gasteiger partial charge in [-0.25, -0.2) is 24.3 Å². The van der Waals surface area contributed by atoms with Crippen LogP contribution in [0.3, 0.4) is 0 Å². The first-order chi connectivity index (χ1) is 16.6. The second kappa shape index (κ2) is 10.5. The third-order valence-electron chi connectivity index (χ3n) is 5.11. The molecule has 0 saturated heterocycles. The van der Waals surface area contributed by atoms with Gasteiger partial charge in [0.05, 0.1) is 11.3 Å². The summed E-state index contributed by atoms with van der Waals surface area (Å²) in [6.45, 7) is 4.06. The van der Waals surface area contributed by atoms with Gasteiger partial charge in [-0.05, 0) is 49.2 Å². The summed E-state index contributed by atoms with van der Waals surface area (Å²) in [5, 5.41) is 9.37. The number of alkyl halides is 1. The van der Waals surface area contributed by atoms with Gasteiger partial charge in [0.15, 0.2) is 0 Å². The Hall–Kier alpha value is -4.40. The molecule has 0 saturated carbocycles. The number of carbonyl (C=O) groups excluding carboxylic acids is 1. The standard InChI is InChI=1S/C25H24FN7O/c1-3-28-23-11-22(29-15-30-23)20-13-27-14-31-24(20)33-21-10-19(8-7-16(21)2)32-25(34)18-6-4-5-17(9-18)12-26/h4-11,13-15H,3,12H2,1-2H3,(H,32,34)(H,27,31,33)(H,28,29,30). The van der Waals surface area contributed by atoms with Gasteiger partial charge in [0, 0.05) is 35.7 Å². The zero-order valence-electron chi connectivity index (χ0n) is 18.8. The average Bonchev–Trinajstić information content (AvgIpc) is 2.87. The fourth-order valence-electron chi connectivity index (χ4n) is 3.36. The van der Waals surface area contributed by atoms with Crippen LogP contribution in [0, 0.1) is 6.92 Å². The Labute approximate surface area is 196 Å². The van der Waals surface area contributed by atoms with E-state index < -0.39 is 6.67 Å². The molecule has 0 spiro atoms. The van der Waals surface area contributed by atoms with E-state index in [0.717, 1.165) is 17.8 Å². The summed E-state index contributed by atoms with van der Waals surface area (Å²) in [4.78, 5) is 29.8. The van der Waals surface area contributed by atoms with Gasteiger partial charge < -0.3 is 16.0 Å². The maximum absolute atomic E-state index is 13.0. The molecule has 0 unspecified atom stereocenters. The van der Waals surface area contributed by atoms with Crippen LogP contribution < -0.4 is 16.0 Å². The Kier molecular flexibility index (Phi) is 7.02. The van der Waals surface area contributed by atoms with E-state index in [1.807, 2.05) is 38.1 Å². The molecule has 0 radical (unpaired) electrons. The van der Waals surface area contributed by atoms with E-state index >= 15 is 0 Å². The number of hydrogen-bond acceptors (Lipinski definition) is 7. The Bertz CT molecular complexity index is 1310. The van der Waals surface area contributed by atoms with Crippen LogP contribution in [-0.2, 0) is 6.67 Å². The van der Waals surface area contributed by atoms with Crippen LogP contribution in [-0.4, -0.2) is 32.4 Å². The zero-order chi connectivity index (χ0) is 23.9. The van der Waals surface area contributed by atoms with E-state index in [1.54, 1.807) is 30.5 Å². The van der Waals surface area contributed by atoms with E-state index in [-0.39, 0.29) is 5.91 Å². The average molecular weight is 458 g/mol. The highest BCUT2D eigenvalue weighted by molar-refractivity contribution is 6.04. The lowest BCUT2D eigenvalue weighted by Crippen LogP contribution is -2.12. The molecule has 1 amide bonds. The quantitative estimate of drug-likeness (QED) is 0.336. The van der Waals surface area contributed by atoms with Crippen molar-refractivity contribution in [2.45, 2.75) is 20.5 Å². The number of rotatable bonds is 8. The summed E-state index contributed by atoms with van der Waals surface area (Å²) in [6.07, 6.45) is 4.63. The van der Waals surface area contributed by atoms with Crippen LogP contribution in [0.1, 0.15) is 28.4 Å². The van der Waals surface area contributed by atoms with Crippen molar-refractivity contribution in [2.75, 3.05) is 22.5 Å². The van der Waals surface area contributed by atoms with E-state index in [1.165, 1.54) is 12.7 Å². The maximum Gasteiger partial charge on any atom is 0.255 e. The maximum atomic E-state index is 13.0. The largest absolute Gasteiger partial charge is 0.370 e. The molecule has 34 heavy (non-hydrogen) atoms. The van der Waals surface area contributed by atoms with Gasteiger partial charge in [-0.1, -0.05) is 18.2 Å². The second-order valence-corrected chi connectivity index (χ2v) is 7.55. The van der Waals surface area contributed by atoms with Gasteiger partial charge in [0.1, 0.15) is 31.0 Å². The van der Waals surface area contributed by atoms with Crippen molar-refractivity contribution in [3.63, 3.8) is 0 Å². The number of hydrogen-bond donors (Lipinski definition) is 3. The number of halogens is 1. The van der Waals surface area contributed by atoms with Crippen LogP contribution in [0.15, 0.2) is 67.4 Å². The van der Waals surface area contributed by atoms with Gasteiger partial charge in [0.25, 0.3) is 5.91 Å². The van der Waals surface area contributed by atoms with Crippen molar-refractivity contribution in [3.8, 4) is 11.3 Å². The minimum atomic E-state index is -0.622. The Morgan fingerprint density at radius 2 is 1.91 bits per heavy atom. The molecule has 2 heterocycles. The fraction of sp³-hybridized carbons (Fsp3) is 0.160. The summed E-state index contributed by atoms with van der Waals surface area (Å²) in [6, 6.07) is 13.9. The lowest BCUT2D eigenvalue weighted by atomic mass is 10.1. The van der Waals surface area contributed by atoms with Gasteiger partial charge in [-0.15, -0.1) is 0 Å². The number of aryl methyl sites for hydroxylation is 1. The first-order valence-electron chi connectivity index (χ1n) is 10.8. The van der Waals surface area contributed by atoms with Crippen molar-refractivity contribution in [1.29, 1.82) is 0 Å². The van der Waals surface area contributed by atoms with Crippen molar-refractivity contribution in [1.82, 2.24) is 19.9 Å². The third kappa shape index (κ3) is 5.32. The summed E-state index contributed by atoms with van der Waals surface area (Å²) in [5.41, 5.74) is 4.54. The van der Waals surface area contributed by atoms with Crippen molar-refractivity contribution < 1.29 is 9.18 Å². The van der Waals surface area contributed by atoms with E-state index in [2.05, 4.69) is 35.9 Å². The molecule has 0 aliphatic carbocycles. The molecular weight excluding hydrogens is 433 g/mol. The fourth-order valence-corrected chi connectivity index (χ4v) is 3.36. The number of anilines is 4. The molecule has 0 atom stereocenters. The molecule has 4 aromatic rings. The highest BCUT2D eigenvalue weighted by atomic mass is 19.1. The predicted octanol–water partition coefficient (Wildman–Crippen LogP) is 5.14. The van der Waals surface area contributed by atoms with E-state index in [4.69, 9.17) is 0 Å². The molecule has 0 aliphatic heterocycles. The minimum absolute atomic E-state index is 0.315. The minimum Gasteiger partial charge on any atom is -0.370 e. The lowest BCUT2D eigenvalue weighted by Gasteiger charge is -2.14. The van der Waals surface area contributed by atoms with Crippen LogP contribution in [0.4, 0.5) is 27.4 Å². The molecule has 0 aliphatic rings. The molecule has 0 fully saturated rings. The van der Waals surface area contributed by atoms with Crippen molar-refractivity contribution in [2.24, 2.45) is 0 Å². The summed E-state index contributed by atoms with van der Waals surface area (Å²) in [5.74, 6) is 0.961.